The molecule has 8 heteroatoms. The van der Waals surface area contributed by atoms with Crippen molar-refractivity contribution in [1.29, 1.82) is 0 Å². The Labute approximate surface area is 177 Å². The number of rotatable bonds is 5. The minimum absolute atomic E-state index is 0.208. The van der Waals surface area contributed by atoms with Gasteiger partial charge in [0, 0.05) is 5.56 Å². The fraction of sp³-hybridized carbons (Fsp3) is 0.391. The van der Waals surface area contributed by atoms with E-state index in [2.05, 4.69) is 6.58 Å². The van der Waals surface area contributed by atoms with Crippen LogP contribution < -0.4 is 0 Å². The predicted molar refractivity (Wildman–Crippen MR) is 107 cm³/mol. The molecule has 0 amide bonds. The van der Waals surface area contributed by atoms with E-state index in [-0.39, 0.29) is 5.56 Å². The molecule has 4 unspecified atom stereocenters. The number of benzene rings is 2. The van der Waals surface area contributed by atoms with Crippen LogP contribution in [0, 0.1) is 30.4 Å². The fourth-order valence-electron chi connectivity index (χ4n) is 4.81. The molecule has 4 rings (SSSR count). The molecule has 2 aromatic rings. The monoisotopic (exact) mass is 434 g/mol. The maximum Gasteiger partial charge on any atom is 0.181 e. The first-order chi connectivity index (χ1) is 14.6. The Balaban J connectivity index is 1.61. The largest absolute Gasteiger partial charge is 0.396 e. The van der Waals surface area contributed by atoms with Gasteiger partial charge < -0.3 is 30.3 Å². The SMILES string of the molecule is C=Cc1c(F)cc(-c2ccc([C@@H](O)[C@H]3OC4(O)C(CO)[C@@H](O)C(O)C34)c(C)c2)cc1F. The zero-order valence-electron chi connectivity index (χ0n) is 16.7. The summed E-state index contributed by atoms with van der Waals surface area (Å²) in [6, 6.07) is 7.22. The molecular formula is C23H24F2O6. The molecule has 7 atom stereocenters. The zero-order valence-corrected chi connectivity index (χ0v) is 16.7. The van der Waals surface area contributed by atoms with Crippen LogP contribution in [0.4, 0.5) is 8.78 Å². The average molecular weight is 434 g/mol. The van der Waals surface area contributed by atoms with Gasteiger partial charge in [-0.15, -0.1) is 0 Å². The molecule has 0 spiro atoms. The molecule has 2 aliphatic rings. The van der Waals surface area contributed by atoms with E-state index in [9.17, 15) is 34.3 Å². The summed E-state index contributed by atoms with van der Waals surface area (Å²) in [7, 11) is 0. The van der Waals surface area contributed by atoms with E-state index >= 15 is 0 Å². The van der Waals surface area contributed by atoms with E-state index in [0.717, 1.165) is 6.08 Å². The van der Waals surface area contributed by atoms with Crippen LogP contribution in [-0.2, 0) is 4.74 Å². The molecule has 166 valence electrons. The topological polar surface area (TPSA) is 110 Å². The molecule has 1 saturated heterocycles. The highest BCUT2D eigenvalue weighted by Crippen LogP contribution is 2.55. The van der Waals surface area contributed by atoms with Crippen molar-refractivity contribution in [2.24, 2.45) is 11.8 Å². The molecular weight excluding hydrogens is 410 g/mol. The van der Waals surface area contributed by atoms with Gasteiger partial charge in [0.1, 0.15) is 23.8 Å². The number of hydrogen-bond donors (Lipinski definition) is 5. The standard InChI is InChI=1S/C23H24F2O6/c1-3-13-16(24)7-12(8-17(13)25)11-4-5-14(10(2)6-11)19(27)22-18-21(29)20(28)15(9-26)23(18,30)31-22/h3-8,15,18-22,26-30H,1,9H2,2H3/t15?,18?,19-,20-,21?,22+,23?/m1/s1. The Morgan fingerprint density at radius 3 is 2.32 bits per heavy atom. The molecule has 0 aromatic heterocycles. The molecule has 6 nitrogen and oxygen atoms in total. The van der Waals surface area contributed by atoms with Crippen molar-refractivity contribution in [2.45, 2.75) is 37.1 Å². The van der Waals surface area contributed by atoms with Gasteiger partial charge in [-0.05, 0) is 41.3 Å². The summed E-state index contributed by atoms with van der Waals surface area (Å²) in [4.78, 5) is 0. The molecule has 1 heterocycles. The Bertz CT molecular complexity index is 1000. The minimum atomic E-state index is -1.92. The summed E-state index contributed by atoms with van der Waals surface area (Å²) in [6.07, 6.45) is -3.89. The maximum absolute atomic E-state index is 14.1. The van der Waals surface area contributed by atoms with Crippen LogP contribution in [0.2, 0.25) is 0 Å². The number of halogens is 2. The number of aliphatic hydroxyl groups is 5. The van der Waals surface area contributed by atoms with Gasteiger partial charge in [0.25, 0.3) is 0 Å². The van der Waals surface area contributed by atoms with Crippen molar-refractivity contribution in [3.05, 3.63) is 65.2 Å². The Morgan fingerprint density at radius 2 is 1.77 bits per heavy atom. The van der Waals surface area contributed by atoms with Crippen LogP contribution in [0.5, 0.6) is 0 Å². The predicted octanol–water partition coefficient (Wildman–Crippen LogP) is 1.66. The van der Waals surface area contributed by atoms with E-state index in [1.807, 2.05) is 0 Å². The minimum Gasteiger partial charge on any atom is -0.396 e. The van der Waals surface area contributed by atoms with Crippen molar-refractivity contribution in [3.8, 4) is 11.1 Å². The quantitative estimate of drug-likeness (QED) is 0.490. The van der Waals surface area contributed by atoms with Crippen molar-refractivity contribution in [2.75, 3.05) is 6.61 Å². The van der Waals surface area contributed by atoms with Crippen LogP contribution in [0.15, 0.2) is 36.9 Å². The normalized spacial score (nSPS) is 33.0. The number of aliphatic hydroxyl groups excluding tert-OH is 4. The zero-order chi connectivity index (χ0) is 22.7. The van der Waals surface area contributed by atoms with Crippen molar-refractivity contribution < 1.29 is 39.1 Å². The van der Waals surface area contributed by atoms with Gasteiger partial charge in [0.15, 0.2) is 5.79 Å². The first kappa shape index (κ1) is 22.0. The van der Waals surface area contributed by atoms with E-state index < -0.39 is 60.3 Å². The summed E-state index contributed by atoms with van der Waals surface area (Å²) in [5, 5.41) is 51.2. The van der Waals surface area contributed by atoms with Gasteiger partial charge >= 0.3 is 0 Å². The lowest BCUT2D eigenvalue weighted by molar-refractivity contribution is -0.396. The molecule has 0 radical (unpaired) electrons. The summed E-state index contributed by atoms with van der Waals surface area (Å²) in [5.41, 5.74) is 1.68. The van der Waals surface area contributed by atoms with E-state index in [0.29, 0.717) is 22.3 Å². The second kappa shape index (κ2) is 7.74. The molecule has 2 aromatic carbocycles. The lowest BCUT2D eigenvalue weighted by Gasteiger charge is -2.51. The van der Waals surface area contributed by atoms with Gasteiger partial charge in [0.05, 0.1) is 30.7 Å². The summed E-state index contributed by atoms with van der Waals surface area (Å²) in [5.74, 6) is -5.46. The Hall–Kier alpha value is -2.20. The number of aryl methyl sites for hydroxylation is 1. The van der Waals surface area contributed by atoms with Gasteiger partial charge in [-0.3, -0.25) is 0 Å². The van der Waals surface area contributed by atoms with Crippen LogP contribution >= 0.6 is 0 Å². The Kier molecular flexibility index (Phi) is 5.49. The summed E-state index contributed by atoms with van der Waals surface area (Å²) < 4.78 is 33.7. The van der Waals surface area contributed by atoms with Crippen molar-refractivity contribution in [3.63, 3.8) is 0 Å². The molecule has 0 bridgehead atoms. The van der Waals surface area contributed by atoms with E-state index in [4.69, 9.17) is 4.74 Å². The second-order valence-corrected chi connectivity index (χ2v) is 8.20. The van der Waals surface area contributed by atoms with Crippen LogP contribution in [0.1, 0.15) is 22.8 Å². The number of hydrogen-bond acceptors (Lipinski definition) is 6. The highest BCUT2D eigenvalue weighted by Gasteiger charge is 2.71. The second-order valence-electron chi connectivity index (χ2n) is 8.20. The summed E-state index contributed by atoms with van der Waals surface area (Å²) in [6.45, 7) is 4.51. The van der Waals surface area contributed by atoms with Gasteiger partial charge in [-0.25, -0.2) is 8.78 Å². The highest BCUT2D eigenvalue weighted by molar-refractivity contribution is 5.67. The van der Waals surface area contributed by atoms with Crippen LogP contribution in [0.3, 0.4) is 0 Å². The summed E-state index contributed by atoms with van der Waals surface area (Å²) >= 11 is 0. The molecule has 1 saturated carbocycles. The van der Waals surface area contributed by atoms with Gasteiger partial charge in [-0.2, -0.15) is 0 Å². The van der Waals surface area contributed by atoms with Crippen LogP contribution in [-0.4, -0.2) is 56.2 Å². The third kappa shape index (κ3) is 3.22. The molecule has 2 fully saturated rings. The lowest BCUT2D eigenvalue weighted by atomic mass is 9.79. The molecule has 1 aliphatic heterocycles. The lowest BCUT2D eigenvalue weighted by Crippen LogP contribution is -2.64. The highest BCUT2D eigenvalue weighted by atomic mass is 19.1. The van der Waals surface area contributed by atoms with Crippen molar-refractivity contribution in [1.82, 2.24) is 0 Å². The average Bonchev–Trinajstić information content (AvgIpc) is 2.84. The van der Waals surface area contributed by atoms with Crippen molar-refractivity contribution >= 4 is 6.08 Å². The van der Waals surface area contributed by atoms with Crippen LogP contribution in [0.25, 0.3) is 17.2 Å². The maximum atomic E-state index is 14.1. The molecule has 5 N–H and O–H groups in total. The molecule has 1 aliphatic carbocycles. The van der Waals surface area contributed by atoms with Gasteiger partial charge in [-0.1, -0.05) is 30.9 Å². The third-order valence-electron chi connectivity index (χ3n) is 6.53. The van der Waals surface area contributed by atoms with E-state index in [1.54, 1.807) is 25.1 Å². The fourth-order valence-corrected chi connectivity index (χ4v) is 4.81. The number of ether oxygens (including phenoxy) is 1. The smallest absolute Gasteiger partial charge is 0.181 e. The first-order valence-corrected chi connectivity index (χ1v) is 9.91. The first-order valence-electron chi connectivity index (χ1n) is 9.91. The number of fused-ring (bicyclic) bond motifs is 1. The third-order valence-corrected chi connectivity index (χ3v) is 6.53. The molecule has 31 heavy (non-hydrogen) atoms. The Morgan fingerprint density at radius 1 is 1.13 bits per heavy atom. The van der Waals surface area contributed by atoms with Gasteiger partial charge in [0.2, 0.25) is 0 Å². The van der Waals surface area contributed by atoms with E-state index in [1.165, 1.54) is 12.1 Å².